The molecule has 1 aromatic heterocycles. The van der Waals surface area contributed by atoms with E-state index in [-0.39, 0.29) is 6.01 Å². The molecule has 0 amide bonds. The molecule has 0 aliphatic carbocycles. The molecule has 2 aromatic rings. The van der Waals surface area contributed by atoms with E-state index in [1.54, 1.807) is 0 Å². The number of aryl methyl sites for hydroxylation is 2. The first-order chi connectivity index (χ1) is 7.08. The highest BCUT2D eigenvalue weighted by molar-refractivity contribution is 5.68. The van der Waals surface area contributed by atoms with Gasteiger partial charge in [0.2, 0.25) is 0 Å². The van der Waals surface area contributed by atoms with E-state index < -0.39 is 0 Å². The summed E-state index contributed by atoms with van der Waals surface area (Å²) < 4.78 is 5.16. The van der Waals surface area contributed by atoms with Crippen LogP contribution in [-0.2, 0) is 0 Å². The van der Waals surface area contributed by atoms with Crippen LogP contribution in [0.15, 0.2) is 22.6 Å². The van der Waals surface area contributed by atoms with E-state index in [0.29, 0.717) is 5.76 Å². The minimum absolute atomic E-state index is 0.182. The Morgan fingerprint density at radius 2 is 1.93 bits per heavy atom. The summed E-state index contributed by atoms with van der Waals surface area (Å²) in [5, 5.41) is 0. The Labute approximate surface area is 87.9 Å². The van der Waals surface area contributed by atoms with Gasteiger partial charge < -0.3 is 15.9 Å². The smallest absolute Gasteiger partial charge is 0.292 e. The highest BCUT2D eigenvalue weighted by atomic mass is 16.4. The van der Waals surface area contributed by atoms with Crippen LogP contribution < -0.4 is 11.5 Å². The average Bonchev–Trinajstić information content (AvgIpc) is 2.50. The number of hydrogen-bond acceptors (Lipinski definition) is 4. The number of nitrogen functional groups attached to an aromatic ring is 2. The molecule has 0 atom stereocenters. The zero-order valence-electron chi connectivity index (χ0n) is 8.74. The molecule has 4 N–H and O–H groups in total. The fourth-order valence-corrected chi connectivity index (χ4v) is 1.47. The van der Waals surface area contributed by atoms with Gasteiger partial charge in [0, 0.05) is 11.3 Å². The summed E-state index contributed by atoms with van der Waals surface area (Å²) in [7, 11) is 0. The summed E-state index contributed by atoms with van der Waals surface area (Å²) in [6.45, 7) is 3.79. The maximum absolute atomic E-state index is 5.83. The number of nitrogens with two attached hydrogens (primary N) is 2. The second-order valence-electron chi connectivity index (χ2n) is 3.53. The normalized spacial score (nSPS) is 10.5. The zero-order chi connectivity index (χ0) is 11.0. The van der Waals surface area contributed by atoms with Crippen molar-refractivity contribution in [3.8, 4) is 11.3 Å². The predicted octanol–water partition coefficient (Wildman–Crippen LogP) is 2.12. The van der Waals surface area contributed by atoms with E-state index in [0.717, 1.165) is 22.5 Å². The Kier molecular flexibility index (Phi) is 2.11. The minimum Gasteiger partial charge on any atom is -0.429 e. The first-order valence-electron chi connectivity index (χ1n) is 4.67. The topological polar surface area (TPSA) is 78.1 Å². The Morgan fingerprint density at radius 1 is 1.20 bits per heavy atom. The number of anilines is 2. The van der Waals surface area contributed by atoms with Crippen molar-refractivity contribution in [1.29, 1.82) is 0 Å². The van der Waals surface area contributed by atoms with E-state index in [1.165, 1.54) is 0 Å². The third kappa shape index (κ3) is 1.66. The van der Waals surface area contributed by atoms with E-state index in [9.17, 15) is 0 Å². The lowest BCUT2D eigenvalue weighted by Crippen LogP contribution is -1.91. The molecule has 15 heavy (non-hydrogen) atoms. The van der Waals surface area contributed by atoms with Crippen molar-refractivity contribution in [1.82, 2.24) is 4.98 Å². The maximum Gasteiger partial charge on any atom is 0.292 e. The molecule has 0 saturated heterocycles. The molecule has 1 aromatic carbocycles. The molecule has 4 heteroatoms. The fourth-order valence-electron chi connectivity index (χ4n) is 1.47. The van der Waals surface area contributed by atoms with Gasteiger partial charge in [-0.25, -0.2) is 0 Å². The van der Waals surface area contributed by atoms with Gasteiger partial charge >= 0.3 is 0 Å². The van der Waals surface area contributed by atoms with E-state index in [2.05, 4.69) is 4.98 Å². The van der Waals surface area contributed by atoms with Gasteiger partial charge in [-0.15, -0.1) is 0 Å². The summed E-state index contributed by atoms with van der Waals surface area (Å²) in [4.78, 5) is 4.11. The molecule has 0 aliphatic heterocycles. The monoisotopic (exact) mass is 203 g/mol. The SMILES string of the molecule is Cc1ccc(-c2nc(N)oc2C)cc1N. The molecule has 0 fully saturated rings. The second-order valence-corrected chi connectivity index (χ2v) is 3.53. The van der Waals surface area contributed by atoms with Crippen LogP contribution in [0.4, 0.5) is 11.7 Å². The summed E-state index contributed by atoms with van der Waals surface area (Å²) >= 11 is 0. The Bertz CT molecular complexity index is 503. The maximum atomic E-state index is 5.83. The van der Waals surface area contributed by atoms with Crippen LogP contribution in [-0.4, -0.2) is 4.98 Å². The quantitative estimate of drug-likeness (QED) is 0.696. The van der Waals surface area contributed by atoms with Crippen LogP contribution in [0.25, 0.3) is 11.3 Å². The van der Waals surface area contributed by atoms with Crippen LogP contribution in [0.2, 0.25) is 0 Å². The number of rotatable bonds is 1. The van der Waals surface area contributed by atoms with Crippen molar-refractivity contribution in [2.24, 2.45) is 0 Å². The fraction of sp³-hybridized carbons (Fsp3) is 0.182. The standard InChI is InChI=1S/C11H13N3O/c1-6-3-4-8(5-9(6)12)10-7(2)15-11(13)14-10/h3-5H,12H2,1-2H3,(H2,13,14). The lowest BCUT2D eigenvalue weighted by Gasteiger charge is -2.02. The van der Waals surface area contributed by atoms with Crippen molar-refractivity contribution < 1.29 is 4.42 Å². The molecular weight excluding hydrogens is 190 g/mol. The van der Waals surface area contributed by atoms with Gasteiger partial charge in [-0.3, -0.25) is 0 Å². The number of nitrogens with zero attached hydrogens (tertiary/aromatic N) is 1. The molecule has 0 spiro atoms. The predicted molar refractivity (Wildman–Crippen MR) is 60.2 cm³/mol. The summed E-state index contributed by atoms with van der Waals surface area (Å²) in [5.41, 5.74) is 14.8. The van der Waals surface area contributed by atoms with Gasteiger partial charge in [0.25, 0.3) is 6.01 Å². The summed E-state index contributed by atoms with van der Waals surface area (Å²) in [6.07, 6.45) is 0. The molecule has 4 nitrogen and oxygen atoms in total. The Hall–Kier alpha value is -1.97. The van der Waals surface area contributed by atoms with E-state index >= 15 is 0 Å². The van der Waals surface area contributed by atoms with Crippen LogP contribution in [0.3, 0.4) is 0 Å². The van der Waals surface area contributed by atoms with Crippen LogP contribution in [0.1, 0.15) is 11.3 Å². The molecule has 78 valence electrons. The first kappa shape index (κ1) is 9.58. The lowest BCUT2D eigenvalue weighted by atomic mass is 10.1. The van der Waals surface area contributed by atoms with Crippen molar-refractivity contribution in [3.63, 3.8) is 0 Å². The number of benzene rings is 1. The molecule has 0 bridgehead atoms. The highest BCUT2D eigenvalue weighted by Gasteiger charge is 2.10. The van der Waals surface area contributed by atoms with Gasteiger partial charge in [0.15, 0.2) is 0 Å². The third-order valence-electron chi connectivity index (χ3n) is 2.37. The highest BCUT2D eigenvalue weighted by Crippen LogP contribution is 2.26. The molecule has 0 saturated carbocycles. The van der Waals surface area contributed by atoms with Crippen molar-refractivity contribution in [2.45, 2.75) is 13.8 Å². The number of aromatic nitrogens is 1. The molecular formula is C11H13N3O. The zero-order valence-corrected chi connectivity index (χ0v) is 8.74. The van der Waals surface area contributed by atoms with E-state index in [1.807, 2.05) is 32.0 Å². The van der Waals surface area contributed by atoms with E-state index in [4.69, 9.17) is 15.9 Å². The second kappa shape index (κ2) is 3.31. The van der Waals surface area contributed by atoms with Gasteiger partial charge in [-0.05, 0) is 25.5 Å². The molecule has 0 radical (unpaired) electrons. The molecule has 2 rings (SSSR count). The van der Waals surface area contributed by atoms with Gasteiger partial charge in [-0.1, -0.05) is 12.1 Å². The van der Waals surface area contributed by atoms with Crippen molar-refractivity contribution in [3.05, 3.63) is 29.5 Å². The van der Waals surface area contributed by atoms with Crippen molar-refractivity contribution >= 4 is 11.7 Å². The van der Waals surface area contributed by atoms with Crippen molar-refractivity contribution in [2.75, 3.05) is 11.5 Å². The average molecular weight is 203 g/mol. The van der Waals surface area contributed by atoms with Gasteiger partial charge in [0.05, 0.1) is 0 Å². The Balaban J connectivity index is 2.54. The van der Waals surface area contributed by atoms with Gasteiger partial charge in [-0.2, -0.15) is 4.98 Å². The number of hydrogen-bond donors (Lipinski definition) is 2. The lowest BCUT2D eigenvalue weighted by molar-refractivity contribution is 0.549. The first-order valence-corrected chi connectivity index (χ1v) is 4.67. The number of oxazole rings is 1. The third-order valence-corrected chi connectivity index (χ3v) is 2.37. The van der Waals surface area contributed by atoms with Crippen LogP contribution >= 0.6 is 0 Å². The largest absolute Gasteiger partial charge is 0.429 e. The minimum atomic E-state index is 0.182. The molecule has 1 heterocycles. The van der Waals surface area contributed by atoms with Crippen LogP contribution in [0.5, 0.6) is 0 Å². The molecule has 0 aliphatic rings. The van der Waals surface area contributed by atoms with Gasteiger partial charge in [0.1, 0.15) is 11.5 Å². The Morgan fingerprint density at radius 3 is 2.47 bits per heavy atom. The van der Waals surface area contributed by atoms with Crippen LogP contribution in [0, 0.1) is 13.8 Å². The summed E-state index contributed by atoms with van der Waals surface area (Å²) in [6, 6.07) is 5.96. The molecule has 0 unspecified atom stereocenters. The summed E-state index contributed by atoms with van der Waals surface area (Å²) in [5.74, 6) is 0.704.